The van der Waals surface area contributed by atoms with Crippen LogP contribution in [0.1, 0.15) is 156 Å². The Morgan fingerprint density at radius 2 is 0.840 bits per heavy atom. The second kappa shape index (κ2) is 28.9. The van der Waals surface area contributed by atoms with Crippen molar-refractivity contribution in [3.8, 4) is 0 Å². The molecule has 0 aromatic rings. The van der Waals surface area contributed by atoms with Crippen molar-refractivity contribution in [2.75, 3.05) is 39.6 Å². The van der Waals surface area contributed by atoms with E-state index in [1.165, 1.54) is 25.7 Å². The van der Waals surface area contributed by atoms with Gasteiger partial charge in [0.25, 0.3) is 0 Å². The molecule has 1 heterocycles. The predicted molar refractivity (Wildman–Crippen MR) is 194 cm³/mol. The van der Waals surface area contributed by atoms with E-state index in [9.17, 15) is 19.2 Å². The van der Waals surface area contributed by atoms with Crippen LogP contribution in [0.15, 0.2) is 24.3 Å². The van der Waals surface area contributed by atoms with Gasteiger partial charge in [-0.15, -0.1) is 0 Å². The van der Waals surface area contributed by atoms with Crippen molar-refractivity contribution in [3.63, 3.8) is 0 Å². The minimum atomic E-state index is -0.780. The largest absolute Gasteiger partial charge is 0.465 e. The summed E-state index contributed by atoms with van der Waals surface area (Å²) in [5.41, 5.74) is -0.780. The second-order valence-corrected chi connectivity index (χ2v) is 13.9. The molecule has 1 aliphatic rings. The lowest BCUT2D eigenvalue weighted by Gasteiger charge is -2.42. The van der Waals surface area contributed by atoms with Crippen LogP contribution in [0.2, 0.25) is 0 Å². The number of ether oxygens (including phenoxy) is 6. The van der Waals surface area contributed by atoms with E-state index in [1.807, 2.05) is 13.8 Å². The third-order valence-corrected chi connectivity index (χ3v) is 8.43. The van der Waals surface area contributed by atoms with Crippen molar-refractivity contribution < 1.29 is 47.6 Å². The fourth-order valence-electron chi connectivity index (χ4n) is 5.08. The van der Waals surface area contributed by atoms with Crippen LogP contribution in [0.25, 0.3) is 0 Å². The minimum Gasteiger partial charge on any atom is -0.465 e. The molecule has 0 spiro atoms. The van der Waals surface area contributed by atoms with E-state index in [0.717, 1.165) is 64.2 Å². The molecule has 0 unspecified atom stereocenters. The number of hydrogen-bond donors (Lipinski definition) is 0. The molecule has 0 atom stereocenters. The number of carbonyl (C=O) groups excluding carboxylic acids is 4. The summed E-state index contributed by atoms with van der Waals surface area (Å²) in [4.78, 5) is 48.8. The Labute approximate surface area is 302 Å². The van der Waals surface area contributed by atoms with Crippen molar-refractivity contribution >= 4 is 23.9 Å². The van der Waals surface area contributed by atoms with Gasteiger partial charge in [-0.25, -0.2) is 0 Å². The normalized spacial score (nSPS) is 15.3. The Kier molecular flexibility index (Phi) is 26.2. The summed E-state index contributed by atoms with van der Waals surface area (Å²) in [6.07, 6.45) is 24.1. The van der Waals surface area contributed by atoms with Gasteiger partial charge < -0.3 is 28.4 Å². The first-order chi connectivity index (χ1) is 24.1. The first-order valence-corrected chi connectivity index (χ1v) is 19.3. The SMILES string of the molecule is CCCC/C=C\CCOC(=O)CCCCCCC(=O)OCC1(COC(=O)CCCCCCC(=O)OCC/C=C\CCCC)COC(C)(C)OC1. The van der Waals surface area contributed by atoms with Crippen molar-refractivity contribution in [1.82, 2.24) is 0 Å². The Morgan fingerprint density at radius 3 is 1.20 bits per heavy atom. The zero-order valence-electron chi connectivity index (χ0n) is 31.8. The highest BCUT2D eigenvalue weighted by Crippen LogP contribution is 2.31. The number of carbonyl (C=O) groups is 4. The summed E-state index contributed by atoms with van der Waals surface area (Å²) in [6, 6.07) is 0. The maximum atomic E-state index is 12.5. The lowest BCUT2D eigenvalue weighted by atomic mass is 9.91. The number of rotatable bonds is 30. The maximum absolute atomic E-state index is 12.5. The molecule has 0 saturated carbocycles. The summed E-state index contributed by atoms with van der Waals surface area (Å²) in [6.45, 7) is 9.31. The molecule has 50 heavy (non-hydrogen) atoms. The van der Waals surface area contributed by atoms with Crippen LogP contribution in [0.3, 0.4) is 0 Å². The predicted octanol–water partition coefficient (Wildman–Crippen LogP) is 8.88. The third kappa shape index (κ3) is 25.3. The Hall–Kier alpha value is -2.72. The van der Waals surface area contributed by atoms with Crippen LogP contribution in [0.4, 0.5) is 0 Å². The number of esters is 4. The summed E-state index contributed by atoms with van der Waals surface area (Å²) in [5.74, 6) is -1.77. The van der Waals surface area contributed by atoms with E-state index in [1.54, 1.807) is 0 Å². The van der Waals surface area contributed by atoms with Gasteiger partial charge in [0.05, 0.1) is 31.8 Å². The van der Waals surface area contributed by atoms with Gasteiger partial charge in [0, 0.05) is 25.7 Å². The molecular formula is C40H68O10. The lowest BCUT2D eigenvalue weighted by Crippen LogP contribution is -2.51. The maximum Gasteiger partial charge on any atom is 0.305 e. The second-order valence-electron chi connectivity index (χ2n) is 13.9. The fraction of sp³-hybridized carbons (Fsp3) is 0.800. The molecule has 10 nitrogen and oxygen atoms in total. The molecule has 0 bridgehead atoms. The summed E-state index contributed by atoms with van der Waals surface area (Å²) < 4.78 is 33.4. The van der Waals surface area contributed by atoms with Gasteiger partial charge in [0.1, 0.15) is 13.2 Å². The zero-order chi connectivity index (χ0) is 36.8. The first kappa shape index (κ1) is 45.3. The van der Waals surface area contributed by atoms with Gasteiger partial charge in [-0.3, -0.25) is 19.2 Å². The van der Waals surface area contributed by atoms with E-state index in [2.05, 4.69) is 38.2 Å². The molecule has 288 valence electrons. The first-order valence-electron chi connectivity index (χ1n) is 19.3. The minimum absolute atomic E-state index is 0.0278. The Bertz CT molecular complexity index is 911. The molecule has 10 heteroatoms. The van der Waals surface area contributed by atoms with Gasteiger partial charge in [0.2, 0.25) is 0 Å². The van der Waals surface area contributed by atoms with E-state index < -0.39 is 11.2 Å². The quantitative estimate of drug-likeness (QED) is 0.0309. The average Bonchev–Trinajstić information content (AvgIpc) is 3.09. The van der Waals surface area contributed by atoms with Crippen molar-refractivity contribution in [2.45, 2.75) is 162 Å². The monoisotopic (exact) mass is 708 g/mol. The van der Waals surface area contributed by atoms with Gasteiger partial charge >= 0.3 is 23.9 Å². The van der Waals surface area contributed by atoms with Crippen LogP contribution in [0.5, 0.6) is 0 Å². The molecule has 0 radical (unpaired) electrons. The Morgan fingerprint density at radius 1 is 0.500 bits per heavy atom. The summed E-state index contributed by atoms with van der Waals surface area (Å²) in [7, 11) is 0. The van der Waals surface area contributed by atoms with Crippen molar-refractivity contribution in [1.29, 1.82) is 0 Å². The Balaban J connectivity index is 2.22. The van der Waals surface area contributed by atoms with Gasteiger partial charge in [0.15, 0.2) is 5.79 Å². The van der Waals surface area contributed by atoms with Crippen LogP contribution in [-0.2, 0) is 47.6 Å². The van der Waals surface area contributed by atoms with Crippen molar-refractivity contribution in [2.24, 2.45) is 5.41 Å². The standard InChI is InChI=1S/C40H68O10/c1-5-7-9-11-17-23-29-45-35(41)25-19-13-15-21-27-37(43)47-31-40(33-49-39(3,4)50-34-40)32-48-38(44)28-22-16-14-20-26-36(42)46-30-24-18-12-10-8-6-2/h11-12,17-18H,5-10,13-16,19-34H2,1-4H3/b17-11-,18-12-. The molecule has 0 aromatic heterocycles. The topological polar surface area (TPSA) is 124 Å². The molecule has 1 fully saturated rings. The number of allylic oxidation sites excluding steroid dienone is 2. The zero-order valence-corrected chi connectivity index (χ0v) is 31.8. The number of hydrogen-bond acceptors (Lipinski definition) is 10. The van der Waals surface area contributed by atoms with E-state index in [-0.39, 0.29) is 63.1 Å². The van der Waals surface area contributed by atoms with E-state index >= 15 is 0 Å². The third-order valence-electron chi connectivity index (χ3n) is 8.43. The van der Waals surface area contributed by atoms with Gasteiger partial charge in [-0.05, 0) is 65.2 Å². The van der Waals surface area contributed by atoms with Crippen molar-refractivity contribution in [3.05, 3.63) is 24.3 Å². The molecule has 1 rings (SSSR count). The molecule has 1 aliphatic heterocycles. The molecular weight excluding hydrogens is 640 g/mol. The van der Waals surface area contributed by atoms with E-state index in [4.69, 9.17) is 28.4 Å². The highest BCUT2D eigenvalue weighted by Gasteiger charge is 2.42. The smallest absolute Gasteiger partial charge is 0.305 e. The summed E-state index contributed by atoms with van der Waals surface area (Å²) in [5, 5.41) is 0. The average molecular weight is 709 g/mol. The van der Waals surface area contributed by atoms with Gasteiger partial charge in [-0.2, -0.15) is 0 Å². The lowest BCUT2D eigenvalue weighted by molar-refractivity contribution is -0.296. The summed E-state index contributed by atoms with van der Waals surface area (Å²) >= 11 is 0. The van der Waals surface area contributed by atoms with Crippen LogP contribution >= 0.6 is 0 Å². The van der Waals surface area contributed by atoms with Crippen LogP contribution in [0, 0.1) is 5.41 Å². The molecule has 0 aromatic carbocycles. The molecule has 0 amide bonds. The molecule has 0 aliphatic carbocycles. The number of unbranched alkanes of at least 4 members (excludes halogenated alkanes) is 10. The molecule has 0 N–H and O–H groups in total. The highest BCUT2D eigenvalue weighted by atomic mass is 16.7. The fourth-order valence-corrected chi connectivity index (χ4v) is 5.08. The van der Waals surface area contributed by atoms with Gasteiger partial charge in [-0.1, -0.05) is 89.5 Å². The van der Waals surface area contributed by atoms with Crippen LogP contribution < -0.4 is 0 Å². The highest BCUT2D eigenvalue weighted by molar-refractivity contribution is 5.70. The van der Waals surface area contributed by atoms with Crippen LogP contribution in [-0.4, -0.2) is 69.3 Å². The van der Waals surface area contributed by atoms with E-state index in [0.29, 0.717) is 38.9 Å². The molecule has 1 saturated heterocycles.